The van der Waals surface area contributed by atoms with Crippen LogP contribution in [0, 0.1) is 5.92 Å². The largest absolute Gasteiger partial charge is 0.334 e. The van der Waals surface area contributed by atoms with Gasteiger partial charge in [-0.3, -0.25) is 9.48 Å². The van der Waals surface area contributed by atoms with Crippen LogP contribution in [0.15, 0.2) is 54.6 Å². The molecule has 1 saturated heterocycles. The molecule has 0 radical (unpaired) electrons. The van der Waals surface area contributed by atoms with Gasteiger partial charge in [0.25, 0.3) is 5.91 Å². The average Bonchev–Trinajstić information content (AvgIpc) is 3.10. The number of likely N-dealkylation sites (tertiary alicyclic amines) is 1. The van der Waals surface area contributed by atoms with Crippen LogP contribution >= 0.6 is 0 Å². The van der Waals surface area contributed by atoms with Crippen LogP contribution in [0.3, 0.4) is 0 Å². The lowest BCUT2D eigenvalue weighted by Gasteiger charge is -2.48. The molecule has 0 spiro atoms. The Morgan fingerprint density at radius 1 is 0.964 bits per heavy atom. The Labute approximate surface area is 166 Å². The van der Waals surface area contributed by atoms with Crippen molar-refractivity contribution in [1.82, 2.24) is 14.7 Å². The second kappa shape index (κ2) is 7.08. The van der Waals surface area contributed by atoms with Crippen molar-refractivity contribution < 1.29 is 4.79 Å². The number of hydrogen-bond acceptors (Lipinski definition) is 2. The number of fused-ring (bicyclic) bond motifs is 2. The van der Waals surface area contributed by atoms with Gasteiger partial charge in [0.2, 0.25) is 0 Å². The molecule has 3 aromatic rings. The van der Waals surface area contributed by atoms with Crippen LogP contribution in [0.4, 0.5) is 0 Å². The summed E-state index contributed by atoms with van der Waals surface area (Å²) >= 11 is 0. The monoisotopic (exact) mass is 373 g/mol. The van der Waals surface area contributed by atoms with Gasteiger partial charge >= 0.3 is 0 Å². The predicted octanol–water partition coefficient (Wildman–Crippen LogP) is 4.76. The lowest BCUT2D eigenvalue weighted by Crippen LogP contribution is -2.52. The van der Waals surface area contributed by atoms with Crippen LogP contribution < -0.4 is 0 Å². The van der Waals surface area contributed by atoms with E-state index in [0.717, 1.165) is 30.3 Å². The van der Waals surface area contributed by atoms with E-state index in [4.69, 9.17) is 0 Å². The zero-order chi connectivity index (χ0) is 19.1. The van der Waals surface area contributed by atoms with Crippen LogP contribution in [0.5, 0.6) is 0 Å². The zero-order valence-electron chi connectivity index (χ0n) is 16.4. The number of aromatic nitrogens is 2. The number of amides is 1. The van der Waals surface area contributed by atoms with Crippen molar-refractivity contribution in [3.63, 3.8) is 0 Å². The number of aryl methyl sites for hydroxylation is 1. The molecule has 2 aromatic carbocycles. The standard InChI is InChI=1S/C24H27N3O/c1-26-21-13-7-6-12-20(21)23(25-26)24(28)27-16-15-18(17-9-3-2-4-10-17)19-11-5-8-14-22(19)27/h2-4,6-7,9-10,12-13,18-19,22H,5,8,11,14-16H2,1H3/t18-,19-,22-/m1/s1. The van der Waals surface area contributed by atoms with Gasteiger partial charge in [0, 0.05) is 25.0 Å². The van der Waals surface area contributed by atoms with Gasteiger partial charge in [0.05, 0.1) is 5.52 Å². The van der Waals surface area contributed by atoms with Gasteiger partial charge in [-0.1, -0.05) is 61.4 Å². The molecule has 1 aliphatic carbocycles. The molecule has 1 amide bonds. The first-order valence-corrected chi connectivity index (χ1v) is 10.5. The summed E-state index contributed by atoms with van der Waals surface area (Å²) in [5.41, 5.74) is 3.07. The molecule has 1 aliphatic heterocycles. The van der Waals surface area contributed by atoms with E-state index in [0.29, 0.717) is 23.6 Å². The number of rotatable bonds is 2. The second-order valence-corrected chi connectivity index (χ2v) is 8.31. The third kappa shape index (κ3) is 2.83. The van der Waals surface area contributed by atoms with Crippen molar-refractivity contribution in [1.29, 1.82) is 0 Å². The minimum Gasteiger partial charge on any atom is -0.334 e. The molecule has 3 atom stereocenters. The molecule has 2 heterocycles. The minimum absolute atomic E-state index is 0.111. The van der Waals surface area contributed by atoms with E-state index in [2.05, 4.69) is 40.3 Å². The number of piperidine rings is 1. The number of carbonyl (C=O) groups excluding carboxylic acids is 1. The smallest absolute Gasteiger partial charge is 0.275 e. The normalized spacial score (nSPS) is 24.9. The molecule has 2 fully saturated rings. The Kier molecular flexibility index (Phi) is 4.42. The Morgan fingerprint density at radius 2 is 1.71 bits per heavy atom. The summed E-state index contributed by atoms with van der Waals surface area (Å²) in [6.07, 6.45) is 5.87. The molecule has 5 rings (SSSR count). The zero-order valence-corrected chi connectivity index (χ0v) is 16.4. The van der Waals surface area contributed by atoms with Crippen molar-refractivity contribution in [2.75, 3.05) is 6.54 Å². The highest BCUT2D eigenvalue weighted by atomic mass is 16.2. The van der Waals surface area contributed by atoms with Crippen LogP contribution in [-0.2, 0) is 7.05 Å². The molecule has 144 valence electrons. The second-order valence-electron chi connectivity index (χ2n) is 8.31. The van der Waals surface area contributed by atoms with E-state index < -0.39 is 0 Å². The van der Waals surface area contributed by atoms with E-state index >= 15 is 0 Å². The van der Waals surface area contributed by atoms with Crippen LogP contribution in [0.1, 0.15) is 54.1 Å². The lowest BCUT2D eigenvalue weighted by atomic mass is 9.69. The summed E-state index contributed by atoms with van der Waals surface area (Å²) in [5.74, 6) is 1.24. The highest BCUT2D eigenvalue weighted by molar-refractivity contribution is 6.05. The number of para-hydroxylation sites is 1. The van der Waals surface area contributed by atoms with Gasteiger partial charge < -0.3 is 4.90 Å². The van der Waals surface area contributed by atoms with Crippen LogP contribution in [0.25, 0.3) is 10.9 Å². The fourth-order valence-electron chi connectivity index (χ4n) is 5.53. The molecule has 1 aromatic heterocycles. The Hall–Kier alpha value is -2.62. The summed E-state index contributed by atoms with van der Waals surface area (Å²) in [5, 5.41) is 5.57. The van der Waals surface area contributed by atoms with E-state index in [1.54, 1.807) is 0 Å². The van der Waals surface area contributed by atoms with Crippen LogP contribution in [-0.4, -0.2) is 33.2 Å². The summed E-state index contributed by atoms with van der Waals surface area (Å²) in [4.78, 5) is 15.7. The van der Waals surface area contributed by atoms with Gasteiger partial charge in [-0.15, -0.1) is 0 Å². The Bertz CT molecular complexity index is 994. The summed E-state index contributed by atoms with van der Waals surface area (Å²) in [6, 6.07) is 19.3. The lowest BCUT2D eigenvalue weighted by molar-refractivity contribution is 0.0315. The molecular weight excluding hydrogens is 346 g/mol. The fraction of sp³-hybridized carbons (Fsp3) is 0.417. The topological polar surface area (TPSA) is 38.1 Å². The number of benzene rings is 2. The van der Waals surface area contributed by atoms with Crippen LogP contribution in [0.2, 0.25) is 0 Å². The number of hydrogen-bond donors (Lipinski definition) is 0. The molecule has 4 heteroatoms. The SMILES string of the molecule is Cn1nc(C(=O)N2CC[C@H](c3ccccc3)[C@H]3CCCC[C@H]32)c2ccccc21. The average molecular weight is 374 g/mol. The van der Waals surface area contributed by atoms with Gasteiger partial charge in [-0.05, 0) is 42.7 Å². The van der Waals surface area contributed by atoms with Crippen molar-refractivity contribution in [3.05, 3.63) is 65.9 Å². The highest BCUT2D eigenvalue weighted by Crippen LogP contribution is 2.44. The molecule has 2 aliphatic rings. The molecule has 0 unspecified atom stereocenters. The predicted molar refractivity (Wildman–Crippen MR) is 111 cm³/mol. The minimum atomic E-state index is 0.111. The molecule has 1 saturated carbocycles. The first-order chi connectivity index (χ1) is 13.7. The van der Waals surface area contributed by atoms with E-state index in [1.807, 2.05) is 36.0 Å². The highest BCUT2D eigenvalue weighted by Gasteiger charge is 2.42. The Balaban J connectivity index is 1.48. The number of nitrogens with zero attached hydrogens (tertiary/aromatic N) is 3. The first-order valence-electron chi connectivity index (χ1n) is 10.5. The maximum absolute atomic E-state index is 13.6. The summed E-state index contributed by atoms with van der Waals surface area (Å²) < 4.78 is 1.83. The third-order valence-electron chi connectivity index (χ3n) is 6.83. The molecule has 28 heavy (non-hydrogen) atoms. The van der Waals surface area contributed by atoms with Gasteiger partial charge in [-0.25, -0.2) is 0 Å². The maximum Gasteiger partial charge on any atom is 0.275 e. The molecular formula is C24H27N3O. The van der Waals surface area contributed by atoms with Gasteiger partial charge in [0.1, 0.15) is 0 Å². The van der Waals surface area contributed by atoms with E-state index in [-0.39, 0.29) is 5.91 Å². The molecule has 0 N–H and O–H groups in total. The Morgan fingerprint density at radius 3 is 2.57 bits per heavy atom. The van der Waals surface area contributed by atoms with E-state index in [1.165, 1.54) is 24.8 Å². The van der Waals surface area contributed by atoms with Gasteiger partial charge in [-0.2, -0.15) is 5.10 Å². The summed E-state index contributed by atoms with van der Waals surface area (Å²) in [7, 11) is 1.92. The van der Waals surface area contributed by atoms with E-state index in [9.17, 15) is 4.79 Å². The van der Waals surface area contributed by atoms with Crippen molar-refractivity contribution in [2.45, 2.75) is 44.1 Å². The first kappa shape index (κ1) is 17.5. The van der Waals surface area contributed by atoms with Crippen molar-refractivity contribution >= 4 is 16.8 Å². The number of carbonyl (C=O) groups is 1. The van der Waals surface area contributed by atoms with Crippen molar-refractivity contribution in [3.8, 4) is 0 Å². The third-order valence-corrected chi connectivity index (χ3v) is 6.83. The molecule has 4 nitrogen and oxygen atoms in total. The van der Waals surface area contributed by atoms with Crippen molar-refractivity contribution in [2.24, 2.45) is 13.0 Å². The fourth-order valence-corrected chi connectivity index (χ4v) is 5.53. The molecule has 0 bridgehead atoms. The maximum atomic E-state index is 13.6. The summed E-state index contributed by atoms with van der Waals surface area (Å²) in [6.45, 7) is 0.824. The quantitative estimate of drug-likeness (QED) is 0.649. The van der Waals surface area contributed by atoms with Gasteiger partial charge in [0.15, 0.2) is 5.69 Å².